The highest BCUT2D eigenvalue weighted by molar-refractivity contribution is 14.0. The van der Waals surface area contributed by atoms with Crippen LogP contribution in [-0.2, 0) is 14.8 Å². The van der Waals surface area contributed by atoms with Gasteiger partial charge >= 0.3 is 0 Å². The van der Waals surface area contributed by atoms with Gasteiger partial charge in [-0.15, -0.1) is 24.0 Å². The molecule has 3 N–H and O–H groups in total. The fourth-order valence-corrected chi connectivity index (χ4v) is 3.12. The maximum atomic E-state index is 11.9. The van der Waals surface area contributed by atoms with Crippen LogP contribution in [0, 0.1) is 0 Å². The van der Waals surface area contributed by atoms with Gasteiger partial charge in [-0.2, -0.15) is 0 Å². The Morgan fingerprint density at radius 1 is 1.26 bits per heavy atom. The summed E-state index contributed by atoms with van der Waals surface area (Å²) < 4.78 is 32.0. The van der Waals surface area contributed by atoms with Crippen molar-refractivity contribution in [2.45, 2.75) is 45.1 Å². The van der Waals surface area contributed by atoms with Crippen molar-refractivity contribution in [1.29, 1.82) is 0 Å². The lowest BCUT2D eigenvalue weighted by molar-refractivity contribution is 0.0200. The molecule has 0 saturated carbocycles. The van der Waals surface area contributed by atoms with Crippen LogP contribution in [0.25, 0.3) is 0 Å². The van der Waals surface area contributed by atoms with E-state index in [1.807, 2.05) is 0 Å². The maximum absolute atomic E-state index is 11.9. The first kappa shape index (κ1) is 22.9. The third-order valence-electron chi connectivity index (χ3n) is 3.51. The van der Waals surface area contributed by atoms with Crippen LogP contribution in [0.5, 0.6) is 0 Å². The van der Waals surface area contributed by atoms with Crippen LogP contribution in [0.3, 0.4) is 0 Å². The van der Waals surface area contributed by atoms with E-state index in [-0.39, 0.29) is 35.8 Å². The summed E-state index contributed by atoms with van der Waals surface area (Å²) in [4.78, 5) is 4.06. The van der Waals surface area contributed by atoms with E-state index in [9.17, 15) is 8.42 Å². The van der Waals surface area contributed by atoms with Gasteiger partial charge in [0.05, 0.1) is 11.9 Å². The topological polar surface area (TPSA) is 91.8 Å². The molecule has 0 aromatic heterocycles. The van der Waals surface area contributed by atoms with E-state index < -0.39 is 10.0 Å². The molecule has 138 valence electrons. The number of guanidine groups is 1. The van der Waals surface area contributed by atoms with E-state index in [2.05, 4.69) is 27.3 Å². The number of ether oxygens (including phenoxy) is 1. The van der Waals surface area contributed by atoms with Gasteiger partial charge in [-0.3, -0.25) is 4.99 Å². The van der Waals surface area contributed by atoms with Crippen LogP contribution in [0.2, 0.25) is 0 Å². The summed E-state index contributed by atoms with van der Waals surface area (Å²) in [5.41, 5.74) is 0. The molecule has 1 rings (SSSR count). The molecule has 1 heterocycles. The monoisotopic (exact) mass is 462 g/mol. The number of hydrogen-bond acceptors (Lipinski definition) is 4. The lowest BCUT2D eigenvalue weighted by atomic mass is 10.1. The van der Waals surface area contributed by atoms with Gasteiger partial charge in [0.25, 0.3) is 0 Å². The molecule has 0 spiro atoms. The highest BCUT2D eigenvalue weighted by Gasteiger charge is 2.17. The normalized spacial score (nSPS) is 19.0. The van der Waals surface area contributed by atoms with Crippen LogP contribution in [-0.4, -0.2) is 59.5 Å². The van der Waals surface area contributed by atoms with Gasteiger partial charge in [0.15, 0.2) is 5.96 Å². The molecule has 1 saturated heterocycles. The molecular formula is C14H31IN4O3S. The molecule has 0 aromatic carbocycles. The molecule has 0 aromatic rings. The smallest absolute Gasteiger partial charge is 0.213 e. The second-order valence-electron chi connectivity index (χ2n) is 5.44. The van der Waals surface area contributed by atoms with Crippen molar-refractivity contribution in [3.05, 3.63) is 0 Å². The molecule has 1 aliphatic heterocycles. The van der Waals surface area contributed by atoms with Crippen LogP contribution < -0.4 is 15.4 Å². The Labute approximate surface area is 157 Å². The molecule has 0 radical (unpaired) electrons. The van der Waals surface area contributed by atoms with Gasteiger partial charge in [0, 0.05) is 33.3 Å². The van der Waals surface area contributed by atoms with Gasteiger partial charge in [-0.1, -0.05) is 13.3 Å². The molecule has 1 fully saturated rings. The molecule has 0 bridgehead atoms. The summed E-state index contributed by atoms with van der Waals surface area (Å²) >= 11 is 0. The molecule has 1 aliphatic rings. The fraction of sp³-hybridized carbons (Fsp3) is 0.929. The molecule has 7 nitrogen and oxygen atoms in total. The Bertz CT molecular complexity index is 426. The third kappa shape index (κ3) is 11.1. The maximum Gasteiger partial charge on any atom is 0.213 e. The number of sulfonamides is 1. The van der Waals surface area contributed by atoms with Gasteiger partial charge in [0.1, 0.15) is 0 Å². The number of nitrogens with zero attached hydrogens (tertiary/aromatic N) is 1. The minimum Gasteiger partial charge on any atom is -0.377 e. The second kappa shape index (κ2) is 13.2. The molecule has 1 unspecified atom stereocenters. The Morgan fingerprint density at radius 2 is 2.00 bits per heavy atom. The van der Waals surface area contributed by atoms with Crippen LogP contribution in [0.4, 0.5) is 0 Å². The van der Waals surface area contributed by atoms with Gasteiger partial charge < -0.3 is 15.4 Å². The standard InChI is InChI=1S/C14H30N4O3S.HI/c1-3-4-8-16-14(15-2)17-9-11-22(19,20)18-12-13-7-5-6-10-21-13;/h13,18H,3-12H2,1-2H3,(H2,15,16,17);1H. The van der Waals surface area contributed by atoms with Crippen molar-refractivity contribution < 1.29 is 13.2 Å². The third-order valence-corrected chi connectivity index (χ3v) is 4.86. The highest BCUT2D eigenvalue weighted by Crippen LogP contribution is 2.11. The Morgan fingerprint density at radius 3 is 2.61 bits per heavy atom. The summed E-state index contributed by atoms with van der Waals surface area (Å²) in [7, 11) is -1.61. The molecule has 0 aliphatic carbocycles. The first-order chi connectivity index (χ1) is 10.6. The predicted octanol–water partition coefficient (Wildman–Crippen LogP) is 1.06. The quantitative estimate of drug-likeness (QED) is 0.206. The Kier molecular flexibility index (Phi) is 13.1. The number of unbranched alkanes of at least 4 members (excludes halogenated alkanes) is 1. The van der Waals surface area contributed by atoms with Gasteiger partial charge in [0.2, 0.25) is 10.0 Å². The van der Waals surface area contributed by atoms with E-state index >= 15 is 0 Å². The first-order valence-corrected chi connectivity index (χ1v) is 9.76. The number of aliphatic imine (C=N–C) groups is 1. The lowest BCUT2D eigenvalue weighted by Crippen LogP contribution is -2.42. The zero-order chi connectivity index (χ0) is 16.3. The van der Waals surface area contributed by atoms with Crippen LogP contribution in [0.1, 0.15) is 39.0 Å². The molecule has 1 atom stereocenters. The van der Waals surface area contributed by atoms with Crippen LogP contribution in [0.15, 0.2) is 4.99 Å². The van der Waals surface area contributed by atoms with Crippen molar-refractivity contribution >= 4 is 40.0 Å². The lowest BCUT2D eigenvalue weighted by Gasteiger charge is -2.22. The average Bonchev–Trinajstić information content (AvgIpc) is 2.52. The summed E-state index contributed by atoms with van der Waals surface area (Å²) in [6.45, 7) is 4.37. The van der Waals surface area contributed by atoms with Crippen molar-refractivity contribution in [1.82, 2.24) is 15.4 Å². The van der Waals surface area contributed by atoms with Crippen molar-refractivity contribution in [2.75, 3.05) is 39.0 Å². The summed E-state index contributed by atoms with van der Waals surface area (Å²) in [5.74, 6) is 0.660. The minimum atomic E-state index is -3.29. The largest absolute Gasteiger partial charge is 0.377 e. The fourth-order valence-electron chi connectivity index (χ4n) is 2.17. The summed E-state index contributed by atoms with van der Waals surface area (Å²) in [5, 5.41) is 6.15. The van der Waals surface area contributed by atoms with E-state index in [1.165, 1.54) is 0 Å². The first-order valence-electron chi connectivity index (χ1n) is 8.11. The zero-order valence-corrected chi connectivity index (χ0v) is 17.3. The average molecular weight is 462 g/mol. The molecular weight excluding hydrogens is 431 g/mol. The minimum absolute atomic E-state index is 0. The molecule has 23 heavy (non-hydrogen) atoms. The van der Waals surface area contributed by atoms with Crippen LogP contribution >= 0.6 is 24.0 Å². The SMILES string of the molecule is CCCCNC(=NC)NCCS(=O)(=O)NCC1CCCCO1.I. The van der Waals surface area contributed by atoms with E-state index in [0.29, 0.717) is 19.0 Å². The number of hydrogen-bond donors (Lipinski definition) is 3. The van der Waals surface area contributed by atoms with Crippen molar-refractivity contribution in [3.63, 3.8) is 0 Å². The highest BCUT2D eigenvalue weighted by atomic mass is 127. The Hall–Kier alpha value is -0.130. The van der Waals surface area contributed by atoms with E-state index in [1.54, 1.807) is 7.05 Å². The van der Waals surface area contributed by atoms with Crippen molar-refractivity contribution in [2.24, 2.45) is 4.99 Å². The van der Waals surface area contributed by atoms with Crippen molar-refractivity contribution in [3.8, 4) is 0 Å². The predicted molar refractivity (Wildman–Crippen MR) is 105 cm³/mol. The summed E-state index contributed by atoms with van der Waals surface area (Å²) in [6.07, 6.45) is 5.27. The Balaban J connectivity index is 0.00000484. The van der Waals surface area contributed by atoms with Gasteiger partial charge in [-0.25, -0.2) is 13.1 Å². The number of rotatable bonds is 9. The molecule has 0 amide bonds. The number of nitrogens with one attached hydrogen (secondary N) is 3. The molecule has 9 heteroatoms. The van der Waals surface area contributed by atoms with E-state index in [0.717, 1.165) is 45.3 Å². The van der Waals surface area contributed by atoms with Gasteiger partial charge in [-0.05, 0) is 25.7 Å². The zero-order valence-electron chi connectivity index (χ0n) is 14.1. The number of halogens is 1. The second-order valence-corrected chi connectivity index (χ2v) is 7.36. The van der Waals surface area contributed by atoms with E-state index in [4.69, 9.17) is 4.74 Å². The summed E-state index contributed by atoms with van der Waals surface area (Å²) in [6, 6.07) is 0.